The third-order valence-electron chi connectivity index (χ3n) is 2.94. The second kappa shape index (κ2) is 15.1. The van der Waals surface area contributed by atoms with Gasteiger partial charge in [-0.2, -0.15) is 0 Å². The van der Waals surface area contributed by atoms with Crippen molar-refractivity contribution in [3.8, 4) is 0 Å². The van der Waals surface area contributed by atoms with Gasteiger partial charge in [0.25, 0.3) is 11.4 Å². The van der Waals surface area contributed by atoms with Crippen molar-refractivity contribution < 1.29 is 74.4 Å². The van der Waals surface area contributed by atoms with E-state index in [9.17, 15) is 40.0 Å². The van der Waals surface area contributed by atoms with Crippen LogP contribution in [0.4, 0.5) is 22.7 Å². The van der Waals surface area contributed by atoms with Gasteiger partial charge < -0.3 is 43.6 Å². The van der Waals surface area contributed by atoms with E-state index < -0.39 is 21.8 Å². The van der Waals surface area contributed by atoms with Crippen molar-refractivity contribution >= 4 is 34.7 Å². The van der Waals surface area contributed by atoms with Crippen LogP contribution in [0.2, 0.25) is 0 Å². The van der Waals surface area contributed by atoms with Gasteiger partial charge in [0.05, 0.1) is 21.8 Å². The van der Waals surface area contributed by atoms with Gasteiger partial charge in [-0.3, -0.25) is 20.2 Å². The summed E-state index contributed by atoms with van der Waals surface area (Å²) in [6.07, 6.45) is 0. The molecule has 2 aromatic rings. The third-order valence-corrected chi connectivity index (χ3v) is 2.94. The molecule has 2 rings (SSSR count). The summed E-state index contributed by atoms with van der Waals surface area (Å²) < 4.78 is 0. The Balaban J connectivity index is -0.000000199. The van der Waals surface area contributed by atoms with Gasteiger partial charge in [0.15, 0.2) is 0 Å². The number of carbonyl (C=O) groups excluding carboxylic acids is 2. The first kappa shape index (κ1) is 34.7. The molecule has 0 bridgehead atoms. The van der Waals surface area contributed by atoms with E-state index in [0.29, 0.717) is 0 Å². The number of nitro benzene ring substituents is 2. The predicted octanol–water partition coefficient (Wildman–Crippen LogP) is -0.600. The Labute approximate surface area is 200 Å². The molecular weight excluding hydrogens is 596 g/mol. The minimum absolute atomic E-state index is 0. The fraction of sp³-hybridized carbons (Fsp3) is 0. The number of hydrogen-bond donors (Lipinski definition) is 4. The van der Waals surface area contributed by atoms with Crippen molar-refractivity contribution in [3.63, 3.8) is 0 Å². The normalized spacial score (nSPS) is 8.27. The Morgan fingerprint density at radius 3 is 1.17 bits per heavy atom. The van der Waals surface area contributed by atoms with Gasteiger partial charge in [-0.1, -0.05) is 0 Å². The molecule has 30 heavy (non-hydrogen) atoms. The van der Waals surface area contributed by atoms with Crippen LogP contribution in [0.15, 0.2) is 36.4 Å². The van der Waals surface area contributed by atoms with E-state index >= 15 is 0 Å². The zero-order valence-corrected chi connectivity index (χ0v) is 17.8. The average molecular weight is 612 g/mol. The quantitative estimate of drug-likeness (QED) is 0.146. The zero-order chi connectivity index (χ0) is 20.0. The van der Waals surface area contributed by atoms with Crippen molar-refractivity contribution in [2.45, 2.75) is 0 Å². The molecular formula is C14H16Ag2N6O8. The van der Waals surface area contributed by atoms with Crippen LogP contribution in [0, 0.1) is 20.2 Å². The number of nitrogens with two attached hydrogens (primary N) is 2. The van der Waals surface area contributed by atoms with Crippen LogP contribution in [0.1, 0.15) is 20.7 Å². The first-order valence-corrected chi connectivity index (χ1v) is 6.55. The molecule has 0 saturated carbocycles. The maximum Gasteiger partial charge on any atom is 1.00 e. The van der Waals surface area contributed by atoms with Crippen LogP contribution in [0.3, 0.4) is 0 Å². The van der Waals surface area contributed by atoms with E-state index in [4.69, 9.17) is 11.5 Å². The van der Waals surface area contributed by atoms with E-state index in [0.717, 1.165) is 36.4 Å². The average Bonchev–Trinajstić information content (AvgIpc) is 2.55. The summed E-state index contributed by atoms with van der Waals surface area (Å²) in [4.78, 5) is 39.8. The number of carbonyl (C=O) groups is 2. The summed E-state index contributed by atoms with van der Waals surface area (Å²) in [6.45, 7) is 0. The number of rotatable bonds is 4. The Kier molecular flexibility index (Phi) is 17.4. The van der Waals surface area contributed by atoms with Crippen molar-refractivity contribution in [2.75, 3.05) is 11.5 Å². The topological polar surface area (TPSA) is 289 Å². The Morgan fingerprint density at radius 1 is 0.700 bits per heavy atom. The smallest absolute Gasteiger partial charge is 0.545 e. The second-order valence-electron chi connectivity index (χ2n) is 4.63. The van der Waals surface area contributed by atoms with Crippen LogP contribution in [0.5, 0.6) is 0 Å². The summed E-state index contributed by atoms with van der Waals surface area (Å²) in [6, 6.07) is 6.30. The Morgan fingerprint density at radius 2 is 0.967 bits per heavy atom. The van der Waals surface area contributed by atoms with Crippen molar-refractivity contribution in [1.82, 2.24) is 12.3 Å². The van der Waals surface area contributed by atoms with Crippen LogP contribution < -0.4 is 34.0 Å². The van der Waals surface area contributed by atoms with Gasteiger partial charge in [0.2, 0.25) is 0 Å². The molecule has 2 aromatic carbocycles. The van der Waals surface area contributed by atoms with Crippen LogP contribution in [-0.2, 0) is 44.8 Å². The molecule has 16 heteroatoms. The number of nitrogens with zero attached hydrogens (tertiary/aromatic N) is 2. The number of hydrogen-bond acceptors (Lipinski definition) is 12. The maximum atomic E-state index is 10.4. The van der Waals surface area contributed by atoms with E-state index in [1.807, 2.05) is 0 Å². The number of non-ortho nitro benzene ring substituents is 2. The number of carboxylic acids is 2. The van der Waals surface area contributed by atoms with Crippen molar-refractivity contribution in [3.05, 3.63) is 67.8 Å². The number of nitro groups is 2. The molecule has 0 aliphatic rings. The summed E-state index contributed by atoms with van der Waals surface area (Å²) in [5, 5.41) is 41.2. The summed E-state index contributed by atoms with van der Waals surface area (Å²) in [7, 11) is 0. The molecule has 10 N–H and O–H groups in total. The van der Waals surface area contributed by atoms with Crippen LogP contribution >= 0.6 is 0 Å². The number of aromatic carboxylic acids is 2. The molecule has 0 fully saturated rings. The van der Waals surface area contributed by atoms with E-state index in [1.165, 1.54) is 0 Å². The molecule has 14 nitrogen and oxygen atoms in total. The molecule has 0 spiro atoms. The standard InChI is InChI=1S/2C7H6N2O4.2Ag.2H3N/c2*8-6-2-1-4(9(12)13)3-5(6)7(10)11;;;;/h2*1-3H,8H2,(H,10,11);;;2*1H3/q;;2*+1;;/p-2. The van der Waals surface area contributed by atoms with Crippen molar-refractivity contribution in [1.29, 1.82) is 0 Å². The number of benzene rings is 2. The number of nitrogen functional groups attached to an aromatic ring is 2. The van der Waals surface area contributed by atoms with Gasteiger partial charge >= 0.3 is 44.8 Å². The molecule has 0 aliphatic heterocycles. The fourth-order valence-corrected chi connectivity index (χ4v) is 1.67. The summed E-state index contributed by atoms with van der Waals surface area (Å²) in [5.74, 6) is -3.05. The largest absolute Gasteiger partial charge is 1.00 e. The molecule has 0 aliphatic carbocycles. The maximum absolute atomic E-state index is 10.4. The number of anilines is 2. The molecule has 0 unspecified atom stereocenters. The minimum atomic E-state index is -1.53. The van der Waals surface area contributed by atoms with E-state index in [2.05, 4.69) is 0 Å². The minimum Gasteiger partial charge on any atom is -0.545 e. The Hall–Kier alpha value is -2.82. The van der Waals surface area contributed by atoms with E-state index in [-0.39, 0.29) is 90.9 Å². The van der Waals surface area contributed by atoms with Gasteiger partial charge in [0, 0.05) is 46.8 Å². The molecule has 0 amide bonds. The molecule has 0 heterocycles. The molecule has 0 atom stereocenters. The molecule has 0 radical (unpaired) electrons. The van der Waals surface area contributed by atoms with Gasteiger partial charge in [-0.25, -0.2) is 0 Å². The monoisotopic (exact) mass is 610 g/mol. The van der Waals surface area contributed by atoms with Crippen molar-refractivity contribution in [2.24, 2.45) is 0 Å². The first-order valence-electron chi connectivity index (χ1n) is 6.55. The van der Waals surface area contributed by atoms with E-state index in [1.54, 1.807) is 0 Å². The van der Waals surface area contributed by atoms with Crippen LogP contribution in [-0.4, -0.2) is 21.8 Å². The van der Waals surface area contributed by atoms with Crippen LogP contribution in [0.25, 0.3) is 0 Å². The molecule has 0 saturated heterocycles. The van der Waals surface area contributed by atoms with Gasteiger partial charge in [0.1, 0.15) is 0 Å². The number of carboxylic acid groups (broad SMARTS) is 2. The van der Waals surface area contributed by atoms with Gasteiger partial charge in [-0.15, -0.1) is 0 Å². The fourth-order valence-electron chi connectivity index (χ4n) is 1.67. The first-order chi connectivity index (χ1) is 12.0. The van der Waals surface area contributed by atoms with Gasteiger partial charge in [-0.05, 0) is 12.1 Å². The molecule has 172 valence electrons. The third kappa shape index (κ3) is 9.59. The Bertz CT molecular complexity index is 838. The summed E-state index contributed by atoms with van der Waals surface area (Å²) in [5.41, 5.74) is 9.01. The SMILES string of the molecule is N.N.Nc1ccc([N+](=O)[O-])cc1C(=O)[O-].Nc1ccc([N+](=O)[O-])cc1C(=O)[O-].[Ag+].[Ag+]. The summed E-state index contributed by atoms with van der Waals surface area (Å²) >= 11 is 0. The molecule has 0 aromatic heterocycles. The predicted molar refractivity (Wildman–Crippen MR) is 93.7 cm³/mol. The second-order valence-corrected chi connectivity index (χ2v) is 4.63. The zero-order valence-electron chi connectivity index (χ0n) is 14.8.